The zero-order chi connectivity index (χ0) is 15.1. The molecule has 0 aliphatic carbocycles. The predicted molar refractivity (Wildman–Crippen MR) is 71.7 cm³/mol. The van der Waals surface area contributed by atoms with Crippen LogP contribution < -0.4 is 5.43 Å². The molecule has 0 aromatic heterocycles. The molecule has 1 N–H and O–H groups in total. The van der Waals surface area contributed by atoms with E-state index in [1.54, 1.807) is 25.1 Å². The molecule has 0 atom stereocenters. The van der Waals surface area contributed by atoms with Crippen molar-refractivity contribution in [3.05, 3.63) is 64.7 Å². The van der Waals surface area contributed by atoms with Crippen LogP contribution in [0.3, 0.4) is 0 Å². The summed E-state index contributed by atoms with van der Waals surface area (Å²) < 4.78 is 26.4. The lowest BCUT2D eigenvalue weighted by Gasteiger charge is -2.17. The molecule has 1 aliphatic heterocycles. The highest BCUT2D eigenvalue weighted by molar-refractivity contribution is 6.22. The molecule has 2 aromatic rings. The lowest BCUT2D eigenvalue weighted by atomic mass is 10.1. The molecule has 0 saturated carbocycles. The van der Waals surface area contributed by atoms with Crippen molar-refractivity contribution in [2.24, 2.45) is 0 Å². The van der Waals surface area contributed by atoms with Gasteiger partial charge in [0.05, 0.1) is 16.8 Å². The first-order valence-electron chi connectivity index (χ1n) is 6.19. The number of hydrogen-bond acceptors (Lipinski definition) is 3. The summed E-state index contributed by atoms with van der Waals surface area (Å²) in [6.07, 6.45) is 0. The van der Waals surface area contributed by atoms with Crippen molar-refractivity contribution >= 4 is 17.5 Å². The summed E-state index contributed by atoms with van der Waals surface area (Å²) >= 11 is 0. The summed E-state index contributed by atoms with van der Waals surface area (Å²) in [5.41, 5.74) is 3.77. The molecule has 0 bridgehead atoms. The summed E-state index contributed by atoms with van der Waals surface area (Å²) in [6, 6.07) is 8.54. The average Bonchev–Trinajstić information content (AvgIpc) is 2.67. The molecule has 106 valence electrons. The zero-order valence-electron chi connectivity index (χ0n) is 11.0. The topological polar surface area (TPSA) is 49.4 Å². The molecule has 21 heavy (non-hydrogen) atoms. The van der Waals surface area contributed by atoms with E-state index in [0.29, 0.717) is 5.69 Å². The number of amides is 2. The van der Waals surface area contributed by atoms with Gasteiger partial charge in [0.25, 0.3) is 11.8 Å². The monoisotopic (exact) mass is 288 g/mol. The predicted octanol–water partition coefficient (Wildman–Crippen LogP) is 2.90. The van der Waals surface area contributed by atoms with Gasteiger partial charge in [-0.1, -0.05) is 18.2 Å². The second-order valence-corrected chi connectivity index (χ2v) is 4.68. The van der Waals surface area contributed by atoms with E-state index in [1.807, 2.05) is 6.07 Å². The Morgan fingerprint density at radius 3 is 2.00 bits per heavy atom. The largest absolute Gasteiger partial charge is 0.288 e. The number of imide groups is 1. The summed E-state index contributed by atoms with van der Waals surface area (Å²) in [7, 11) is 0. The fraction of sp³-hybridized carbons (Fsp3) is 0.0667. The minimum Gasteiger partial charge on any atom is -0.288 e. The SMILES string of the molecule is Cc1ccccc1NN1C(=O)c2cc(F)c(F)cc2C1=O. The van der Waals surface area contributed by atoms with Crippen LogP contribution in [0.4, 0.5) is 14.5 Å². The second-order valence-electron chi connectivity index (χ2n) is 4.68. The van der Waals surface area contributed by atoms with Crippen LogP contribution in [0.5, 0.6) is 0 Å². The highest BCUT2D eigenvalue weighted by atomic mass is 19.2. The van der Waals surface area contributed by atoms with E-state index < -0.39 is 23.4 Å². The molecule has 6 heteroatoms. The summed E-state index contributed by atoms with van der Waals surface area (Å²) in [5.74, 6) is -3.74. The number of fused-ring (bicyclic) bond motifs is 1. The molecule has 0 fully saturated rings. The number of nitrogens with zero attached hydrogens (tertiary/aromatic N) is 1. The number of nitrogens with one attached hydrogen (secondary N) is 1. The minimum atomic E-state index is -1.16. The number of hydrazine groups is 1. The number of carbonyl (C=O) groups excluding carboxylic acids is 2. The van der Waals surface area contributed by atoms with Crippen molar-refractivity contribution in [1.82, 2.24) is 5.01 Å². The minimum absolute atomic E-state index is 0.153. The number of rotatable bonds is 2. The van der Waals surface area contributed by atoms with Crippen molar-refractivity contribution in [2.75, 3.05) is 5.43 Å². The number of carbonyl (C=O) groups is 2. The Kier molecular flexibility index (Phi) is 2.94. The maximum atomic E-state index is 13.2. The van der Waals surface area contributed by atoms with Gasteiger partial charge in [-0.25, -0.2) is 8.78 Å². The van der Waals surface area contributed by atoms with Gasteiger partial charge in [0, 0.05) is 0 Å². The van der Waals surface area contributed by atoms with Crippen molar-refractivity contribution < 1.29 is 18.4 Å². The Hall–Kier alpha value is -2.76. The van der Waals surface area contributed by atoms with Crippen LogP contribution in [0.1, 0.15) is 26.3 Å². The molecule has 0 unspecified atom stereocenters. The Morgan fingerprint density at radius 2 is 1.48 bits per heavy atom. The number of anilines is 1. The maximum absolute atomic E-state index is 13.2. The Balaban J connectivity index is 1.99. The van der Waals surface area contributed by atoms with Crippen LogP contribution in [-0.4, -0.2) is 16.8 Å². The first kappa shape index (κ1) is 13.2. The Labute approximate surface area is 119 Å². The fourth-order valence-electron chi connectivity index (χ4n) is 2.15. The van der Waals surface area contributed by atoms with Crippen LogP contribution in [0.25, 0.3) is 0 Å². The van der Waals surface area contributed by atoms with E-state index in [1.165, 1.54) is 0 Å². The van der Waals surface area contributed by atoms with Gasteiger partial charge >= 0.3 is 0 Å². The first-order chi connectivity index (χ1) is 9.99. The van der Waals surface area contributed by atoms with Gasteiger partial charge < -0.3 is 0 Å². The molecule has 0 spiro atoms. The van der Waals surface area contributed by atoms with Crippen LogP contribution in [0.15, 0.2) is 36.4 Å². The first-order valence-corrected chi connectivity index (χ1v) is 6.19. The fourth-order valence-corrected chi connectivity index (χ4v) is 2.15. The van der Waals surface area contributed by atoms with Crippen molar-refractivity contribution in [3.8, 4) is 0 Å². The lowest BCUT2D eigenvalue weighted by Crippen LogP contribution is -2.35. The normalized spacial score (nSPS) is 13.6. The zero-order valence-corrected chi connectivity index (χ0v) is 11.0. The van der Waals surface area contributed by atoms with E-state index in [-0.39, 0.29) is 11.1 Å². The second kappa shape index (κ2) is 4.66. The van der Waals surface area contributed by atoms with Gasteiger partial charge in [-0.3, -0.25) is 15.0 Å². The molecular formula is C15H10F2N2O2. The van der Waals surface area contributed by atoms with E-state index in [0.717, 1.165) is 22.7 Å². The maximum Gasteiger partial charge on any atom is 0.280 e. The summed E-state index contributed by atoms with van der Waals surface area (Å²) in [4.78, 5) is 24.3. The average molecular weight is 288 g/mol. The molecule has 1 aliphatic rings. The molecular weight excluding hydrogens is 278 g/mol. The third-order valence-corrected chi connectivity index (χ3v) is 3.30. The number of para-hydroxylation sites is 1. The molecule has 3 rings (SSSR count). The highest BCUT2D eigenvalue weighted by Crippen LogP contribution is 2.26. The van der Waals surface area contributed by atoms with Crippen LogP contribution >= 0.6 is 0 Å². The number of benzene rings is 2. The van der Waals surface area contributed by atoms with E-state index in [9.17, 15) is 18.4 Å². The quantitative estimate of drug-likeness (QED) is 0.864. The molecule has 2 amide bonds. The van der Waals surface area contributed by atoms with Gasteiger partial charge in [0.15, 0.2) is 11.6 Å². The third kappa shape index (κ3) is 2.05. The smallest absolute Gasteiger partial charge is 0.280 e. The Bertz CT molecular complexity index is 733. The van der Waals surface area contributed by atoms with Crippen molar-refractivity contribution in [2.45, 2.75) is 6.92 Å². The van der Waals surface area contributed by atoms with Gasteiger partial charge in [-0.15, -0.1) is 0 Å². The molecule has 4 nitrogen and oxygen atoms in total. The van der Waals surface area contributed by atoms with E-state index in [2.05, 4.69) is 5.43 Å². The molecule has 2 aromatic carbocycles. The van der Waals surface area contributed by atoms with Gasteiger partial charge in [-0.2, -0.15) is 5.01 Å². The van der Waals surface area contributed by atoms with Crippen LogP contribution in [0, 0.1) is 18.6 Å². The van der Waals surface area contributed by atoms with Gasteiger partial charge in [-0.05, 0) is 30.7 Å². The highest BCUT2D eigenvalue weighted by Gasteiger charge is 2.37. The van der Waals surface area contributed by atoms with Crippen molar-refractivity contribution in [1.29, 1.82) is 0 Å². The standard InChI is InChI=1S/C15H10F2N2O2/c1-8-4-2-3-5-13(8)18-19-14(20)9-6-11(16)12(17)7-10(9)15(19)21/h2-7,18H,1H3. The van der Waals surface area contributed by atoms with E-state index >= 15 is 0 Å². The number of aryl methyl sites for hydroxylation is 1. The van der Waals surface area contributed by atoms with Gasteiger partial charge in [0.2, 0.25) is 0 Å². The van der Waals surface area contributed by atoms with Gasteiger partial charge in [0.1, 0.15) is 0 Å². The third-order valence-electron chi connectivity index (χ3n) is 3.30. The molecule has 1 heterocycles. The number of halogens is 2. The summed E-state index contributed by atoms with van der Waals surface area (Å²) in [6.45, 7) is 1.81. The number of hydrogen-bond donors (Lipinski definition) is 1. The lowest BCUT2D eigenvalue weighted by molar-refractivity contribution is 0.0691. The molecule has 0 radical (unpaired) electrons. The van der Waals surface area contributed by atoms with Crippen LogP contribution in [0.2, 0.25) is 0 Å². The van der Waals surface area contributed by atoms with Crippen LogP contribution in [-0.2, 0) is 0 Å². The summed E-state index contributed by atoms with van der Waals surface area (Å²) in [5, 5.41) is 0.756. The van der Waals surface area contributed by atoms with E-state index in [4.69, 9.17) is 0 Å². The Morgan fingerprint density at radius 1 is 0.952 bits per heavy atom. The molecule has 0 saturated heterocycles. The van der Waals surface area contributed by atoms with Crippen molar-refractivity contribution in [3.63, 3.8) is 0 Å².